The molecule has 5 nitrogen and oxygen atoms in total. The van der Waals surface area contributed by atoms with E-state index in [1.165, 1.54) is 0 Å². The second kappa shape index (κ2) is 5.58. The lowest BCUT2D eigenvalue weighted by molar-refractivity contribution is 0.262. The normalized spacial score (nSPS) is 10.0. The Hall–Kier alpha value is -2.27. The number of amides is 2. The molecule has 0 bridgehead atoms. The topological polar surface area (TPSA) is 80.0 Å². The number of nitrogen functional groups attached to an aromatic ring is 1. The maximum Gasteiger partial charge on any atom is 0.324 e. The van der Waals surface area contributed by atoms with Crippen molar-refractivity contribution in [3.63, 3.8) is 0 Å². The van der Waals surface area contributed by atoms with Gasteiger partial charge in [-0.2, -0.15) is 0 Å². The Balaban J connectivity index is 2.05. The van der Waals surface area contributed by atoms with Crippen LogP contribution in [0.15, 0.2) is 36.5 Å². The number of pyridine rings is 1. The fourth-order valence-corrected chi connectivity index (χ4v) is 1.64. The summed E-state index contributed by atoms with van der Waals surface area (Å²) in [6, 6.07) is 8.20. The van der Waals surface area contributed by atoms with Crippen molar-refractivity contribution in [3.8, 4) is 0 Å². The van der Waals surface area contributed by atoms with Gasteiger partial charge in [0.25, 0.3) is 0 Å². The Kier molecular flexibility index (Phi) is 3.87. The van der Waals surface area contributed by atoms with Gasteiger partial charge < -0.3 is 11.1 Å². The maximum absolute atomic E-state index is 11.8. The lowest BCUT2D eigenvalue weighted by Gasteiger charge is -2.09. The summed E-state index contributed by atoms with van der Waals surface area (Å²) in [6.07, 6.45) is 1.55. The van der Waals surface area contributed by atoms with E-state index in [-0.39, 0.29) is 0 Å². The average molecular weight is 277 g/mol. The SMILES string of the molecule is Cc1ccc(NC(=O)Nc2ncccc2N)cc1Cl. The smallest absolute Gasteiger partial charge is 0.324 e. The number of nitrogens with two attached hydrogens (primary N) is 1. The number of aromatic nitrogens is 1. The molecular weight excluding hydrogens is 264 g/mol. The van der Waals surface area contributed by atoms with Crippen molar-refractivity contribution in [2.75, 3.05) is 16.4 Å². The summed E-state index contributed by atoms with van der Waals surface area (Å²) in [5, 5.41) is 5.81. The second-order valence-electron chi connectivity index (χ2n) is 3.98. The minimum absolute atomic E-state index is 0.318. The quantitative estimate of drug-likeness (QED) is 0.787. The van der Waals surface area contributed by atoms with Gasteiger partial charge in [0.1, 0.15) is 0 Å². The van der Waals surface area contributed by atoms with Gasteiger partial charge in [-0.3, -0.25) is 5.32 Å². The van der Waals surface area contributed by atoms with Crippen molar-refractivity contribution in [2.24, 2.45) is 0 Å². The van der Waals surface area contributed by atoms with Gasteiger partial charge in [0.05, 0.1) is 5.69 Å². The molecular formula is C13H13ClN4O. The Morgan fingerprint density at radius 2 is 2.11 bits per heavy atom. The number of nitrogens with one attached hydrogen (secondary N) is 2. The summed E-state index contributed by atoms with van der Waals surface area (Å²) < 4.78 is 0. The van der Waals surface area contributed by atoms with Crippen LogP contribution in [-0.4, -0.2) is 11.0 Å². The fourth-order valence-electron chi connectivity index (χ4n) is 1.46. The molecule has 0 aliphatic carbocycles. The lowest BCUT2D eigenvalue weighted by Crippen LogP contribution is -2.20. The molecule has 0 aliphatic heterocycles. The zero-order chi connectivity index (χ0) is 13.8. The second-order valence-corrected chi connectivity index (χ2v) is 4.39. The Labute approximate surface area is 115 Å². The lowest BCUT2D eigenvalue weighted by atomic mass is 10.2. The van der Waals surface area contributed by atoms with Crippen molar-refractivity contribution in [3.05, 3.63) is 47.1 Å². The van der Waals surface area contributed by atoms with Gasteiger partial charge in [-0.15, -0.1) is 0 Å². The van der Waals surface area contributed by atoms with Crippen LogP contribution in [0.25, 0.3) is 0 Å². The van der Waals surface area contributed by atoms with E-state index in [0.717, 1.165) is 5.56 Å². The van der Waals surface area contributed by atoms with E-state index in [2.05, 4.69) is 15.6 Å². The summed E-state index contributed by atoms with van der Waals surface area (Å²) in [5.74, 6) is 0.318. The molecule has 4 N–H and O–H groups in total. The summed E-state index contributed by atoms with van der Waals surface area (Å²) in [4.78, 5) is 15.7. The number of hydrogen-bond acceptors (Lipinski definition) is 3. The number of urea groups is 1. The number of aryl methyl sites for hydroxylation is 1. The molecule has 98 valence electrons. The van der Waals surface area contributed by atoms with E-state index in [4.69, 9.17) is 17.3 Å². The first kappa shape index (κ1) is 13.2. The van der Waals surface area contributed by atoms with E-state index in [9.17, 15) is 4.79 Å². The van der Waals surface area contributed by atoms with Crippen molar-refractivity contribution in [1.82, 2.24) is 4.98 Å². The van der Waals surface area contributed by atoms with Gasteiger partial charge in [0, 0.05) is 16.9 Å². The number of anilines is 3. The summed E-state index contributed by atoms with van der Waals surface area (Å²) in [6.45, 7) is 1.89. The van der Waals surface area contributed by atoms with Crippen molar-refractivity contribution >= 4 is 34.8 Å². The molecule has 1 aromatic carbocycles. The zero-order valence-electron chi connectivity index (χ0n) is 10.3. The predicted octanol–water partition coefficient (Wildman–Crippen LogP) is 3.27. The van der Waals surface area contributed by atoms with Crippen molar-refractivity contribution < 1.29 is 4.79 Å². The molecule has 2 aromatic rings. The molecule has 0 radical (unpaired) electrons. The first-order valence-corrected chi connectivity index (χ1v) is 5.98. The number of hydrogen-bond donors (Lipinski definition) is 3. The Morgan fingerprint density at radius 3 is 2.79 bits per heavy atom. The number of carbonyl (C=O) groups excluding carboxylic acids is 1. The van der Waals surface area contributed by atoms with Crippen molar-refractivity contribution in [2.45, 2.75) is 6.92 Å². The van der Waals surface area contributed by atoms with Gasteiger partial charge in [0.15, 0.2) is 5.82 Å². The van der Waals surface area contributed by atoms with Gasteiger partial charge in [-0.25, -0.2) is 9.78 Å². The predicted molar refractivity (Wildman–Crippen MR) is 77.5 cm³/mol. The molecule has 1 heterocycles. The molecule has 0 atom stereocenters. The van der Waals surface area contributed by atoms with Crippen LogP contribution in [-0.2, 0) is 0 Å². The van der Waals surface area contributed by atoms with Crippen LogP contribution in [0.4, 0.5) is 22.0 Å². The summed E-state index contributed by atoms with van der Waals surface area (Å²) >= 11 is 5.98. The average Bonchev–Trinajstić information content (AvgIpc) is 2.37. The number of halogens is 1. The third-order valence-electron chi connectivity index (χ3n) is 2.50. The number of carbonyl (C=O) groups is 1. The minimum atomic E-state index is -0.426. The van der Waals surface area contributed by atoms with Gasteiger partial charge in [-0.1, -0.05) is 17.7 Å². The van der Waals surface area contributed by atoms with Crippen LogP contribution < -0.4 is 16.4 Å². The number of rotatable bonds is 2. The molecule has 0 fully saturated rings. The molecule has 19 heavy (non-hydrogen) atoms. The third kappa shape index (κ3) is 3.35. The van der Waals surface area contributed by atoms with Crippen LogP contribution in [0.3, 0.4) is 0 Å². The molecule has 2 amide bonds. The highest BCUT2D eigenvalue weighted by molar-refractivity contribution is 6.31. The first-order valence-electron chi connectivity index (χ1n) is 5.61. The first-order chi connectivity index (χ1) is 9.06. The van der Waals surface area contributed by atoms with Crippen LogP contribution >= 0.6 is 11.6 Å². The van der Waals surface area contributed by atoms with Crippen molar-refractivity contribution in [1.29, 1.82) is 0 Å². The molecule has 2 rings (SSSR count). The molecule has 0 saturated carbocycles. The minimum Gasteiger partial charge on any atom is -0.396 e. The number of benzene rings is 1. The third-order valence-corrected chi connectivity index (χ3v) is 2.91. The van der Waals surface area contributed by atoms with Gasteiger partial charge in [-0.05, 0) is 36.8 Å². The Bertz CT molecular complexity index is 615. The number of nitrogens with zero attached hydrogens (tertiary/aromatic N) is 1. The van der Waals surface area contributed by atoms with E-state index >= 15 is 0 Å². The maximum atomic E-state index is 11.8. The highest BCUT2D eigenvalue weighted by Crippen LogP contribution is 2.20. The highest BCUT2D eigenvalue weighted by Gasteiger charge is 2.06. The fraction of sp³-hybridized carbons (Fsp3) is 0.0769. The van der Waals surface area contributed by atoms with Crippen LogP contribution in [0, 0.1) is 6.92 Å². The standard InChI is InChI=1S/C13H13ClN4O/c1-8-4-5-9(7-10(8)14)17-13(19)18-12-11(15)3-2-6-16-12/h2-7H,15H2,1H3,(H2,16,17,18,19). The van der Waals surface area contributed by atoms with E-state index in [0.29, 0.717) is 22.2 Å². The monoisotopic (exact) mass is 276 g/mol. The molecule has 6 heteroatoms. The molecule has 0 saturated heterocycles. The van der Waals surface area contributed by atoms with Crippen LogP contribution in [0.1, 0.15) is 5.56 Å². The van der Waals surface area contributed by atoms with Gasteiger partial charge in [0.2, 0.25) is 0 Å². The van der Waals surface area contributed by atoms with E-state index < -0.39 is 6.03 Å². The molecule has 1 aromatic heterocycles. The Morgan fingerprint density at radius 1 is 1.32 bits per heavy atom. The molecule has 0 spiro atoms. The largest absolute Gasteiger partial charge is 0.396 e. The highest BCUT2D eigenvalue weighted by atomic mass is 35.5. The van der Waals surface area contributed by atoms with Gasteiger partial charge >= 0.3 is 6.03 Å². The zero-order valence-corrected chi connectivity index (χ0v) is 11.0. The molecule has 0 aliphatic rings. The summed E-state index contributed by atoms with van der Waals surface area (Å²) in [5.41, 5.74) is 7.63. The van der Waals surface area contributed by atoms with Crippen LogP contribution in [0.2, 0.25) is 5.02 Å². The van der Waals surface area contributed by atoms with E-state index in [1.54, 1.807) is 30.5 Å². The molecule has 0 unspecified atom stereocenters. The van der Waals surface area contributed by atoms with E-state index in [1.807, 2.05) is 13.0 Å². The van der Waals surface area contributed by atoms with Crippen LogP contribution in [0.5, 0.6) is 0 Å². The summed E-state index contributed by atoms with van der Waals surface area (Å²) in [7, 11) is 0.